The number of hydrogen-bond donors (Lipinski definition) is 3. The molecule has 1 aromatic carbocycles. The lowest BCUT2D eigenvalue weighted by atomic mass is 9.81. The molecule has 0 heterocycles. The highest BCUT2D eigenvalue weighted by atomic mass is 32.2. The first-order valence-corrected chi connectivity index (χ1v) is 8.60. The molecule has 0 radical (unpaired) electrons. The summed E-state index contributed by atoms with van der Waals surface area (Å²) in [6.45, 7) is 3.30. The molecule has 1 aromatic rings. The normalized spacial score (nSPS) is 22.0. The van der Waals surface area contributed by atoms with Gasteiger partial charge in [0.25, 0.3) is 0 Å². The van der Waals surface area contributed by atoms with Gasteiger partial charge < -0.3 is 15.8 Å². The first-order valence-electron chi connectivity index (χ1n) is 7.72. The Balaban J connectivity index is 1.90. The van der Waals surface area contributed by atoms with E-state index in [4.69, 9.17) is 15.6 Å². The second kappa shape index (κ2) is 7.80. The van der Waals surface area contributed by atoms with Crippen molar-refractivity contribution < 1.29 is 4.74 Å². The van der Waals surface area contributed by atoms with Crippen LogP contribution in [0.2, 0.25) is 0 Å². The molecule has 1 fully saturated rings. The van der Waals surface area contributed by atoms with Gasteiger partial charge in [-0.1, -0.05) is 32.6 Å². The zero-order valence-electron chi connectivity index (χ0n) is 13.0. The van der Waals surface area contributed by atoms with E-state index in [0.717, 1.165) is 34.7 Å². The SMILES string of the molecule is COc1cc(SN)cc(N)c1NCC[C@H]1CC[C@@H](C)CC1. The predicted octanol–water partition coefficient (Wildman–Crippen LogP) is 3.87. The summed E-state index contributed by atoms with van der Waals surface area (Å²) in [7, 11) is 1.66. The summed E-state index contributed by atoms with van der Waals surface area (Å²) in [4.78, 5) is 0.913. The molecule has 0 aliphatic heterocycles. The van der Waals surface area contributed by atoms with E-state index in [1.54, 1.807) is 7.11 Å². The van der Waals surface area contributed by atoms with E-state index in [0.29, 0.717) is 5.69 Å². The van der Waals surface area contributed by atoms with Crippen molar-refractivity contribution in [1.29, 1.82) is 0 Å². The summed E-state index contributed by atoms with van der Waals surface area (Å²) < 4.78 is 5.41. The number of nitrogen functional groups attached to an aromatic ring is 1. The zero-order valence-corrected chi connectivity index (χ0v) is 13.8. The molecular formula is C16H27N3OS. The molecule has 4 nitrogen and oxygen atoms in total. The van der Waals surface area contributed by atoms with Crippen molar-refractivity contribution in [2.75, 3.05) is 24.7 Å². The molecule has 0 spiro atoms. The van der Waals surface area contributed by atoms with Crippen LogP contribution in [0, 0.1) is 11.8 Å². The van der Waals surface area contributed by atoms with Crippen molar-refractivity contribution in [2.45, 2.75) is 43.9 Å². The molecule has 0 amide bonds. The van der Waals surface area contributed by atoms with Crippen LogP contribution >= 0.6 is 11.9 Å². The lowest BCUT2D eigenvalue weighted by Gasteiger charge is -2.26. The van der Waals surface area contributed by atoms with Gasteiger partial charge >= 0.3 is 0 Å². The fraction of sp³-hybridized carbons (Fsp3) is 0.625. The van der Waals surface area contributed by atoms with Crippen LogP contribution in [0.25, 0.3) is 0 Å². The average molecular weight is 309 g/mol. The molecule has 1 aliphatic rings. The van der Waals surface area contributed by atoms with Gasteiger partial charge in [0, 0.05) is 11.4 Å². The van der Waals surface area contributed by atoms with Crippen molar-refractivity contribution in [3.05, 3.63) is 12.1 Å². The number of anilines is 2. The Kier molecular flexibility index (Phi) is 6.06. The molecule has 21 heavy (non-hydrogen) atoms. The number of nitrogens with two attached hydrogens (primary N) is 2. The Morgan fingerprint density at radius 1 is 1.29 bits per heavy atom. The molecule has 0 atom stereocenters. The zero-order chi connectivity index (χ0) is 15.2. The van der Waals surface area contributed by atoms with Crippen LogP contribution in [0.4, 0.5) is 11.4 Å². The van der Waals surface area contributed by atoms with Gasteiger partial charge in [-0.3, -0.25) is 5.14 Å². The minimum absolute atomic E-state index is 0.694. The van der Waals surface area contributed by atoms with Gasteiger partial charge in [0.05, 0.1) is 12.8 Å². The Bertz CT molecular complexity index is 459. The molecule has 1 aliphatic carbocycles. The molecule has 0 saturated heterocycles. The average Bonchev–Trinajstić information content (AvgIpc) is 2.50. The third-order valence-electron chi connectivity index (χ3n) is 4.45. The Morgan fingerprint density at radius 2 is 2.00 bits per heavy atom. The van der Waals surface area contributed by atoms with E-state index < -0.39 is 0 Å². The number of benzene rings is 1. The summed E-state index contributed by atoms with van der Waals surface area (Å²) in [5.74, 6) is 2.52. The number of ether oxygens (including phenoxy) is 1. The van der Waals surface area contributed by atoms with Gasteiger partial charge in [0.2, 0.25) is 0 Å². The first kappa shape index (κ1) is 16.3. The second-order valence-electron chi connectivity index (χ2n) is 6.05. The van der Waals surface area contributed by atoms with Crippen molar-refractivity contribution in [2.24, 2.45) is 17.0 Å². The molecule has 1 saturated carbocycles. The highest BCUT2D eigenvalue weighted by Crippen LogP contribution is 2.35. The molecule has 0 bridgehead atoms. The van der Waals surface area contributed by atoms with Crippen LogP contribution in [0.3, 0.4) is 0 Å². The minimum Gasteiger partial charge on any atom is -0.494 e. The number of rotatable bonds is 6. The van der Waals surface area contributed by atoms with Crippen LogP contribution in [-0.2, 0) is 0 Å². The van der Waals surface area contributed by atoms with E-state index in [9.17, 15) is 0 Å². The molecule has 5 N–H and O–H groups in total. The fourth-order valence-electron chi connectivity index (χ4n) is 3.05. The van der Waals surface area contributed by atoms with E-state index in [1.807, 2.05) is 12.1 Å². The standard InChI is InChI=1S/C16H27N3OS/c1-11-3-5-12(6-4-11)7-8-19-16-14(17)9-13(21-18)10-15(16)20-2/h9-12,19H,3-8,17-18H2,1-2H3/t11-,12+. The van der Waals surface area contributed by atoms with Gasteiger partial charge in [-0.15, -0.1) is 0 Å². The molecule has 0 unspecified atom stereocenters. The van der Waals surface area contributed by atoms with Gasteiger partial charge in [0.1, 0.15) is 11.4 Å². The van der Waals surface area contributed by atoms with Crippen molar-refractivity contribution in [3.63, 3.8) is 0 Å². The maximum Gasteiger partial charge on any atom is 0.145 e. The summed E-state index contributed by atoms with van der Waals surface area (Å²) >= 11 is 1.18. The van der Waals surface area contributed by atoms with Crippen LogP contribution < -0.4 is 20.9 Å². The number of nitrogens with one attached hydrogen (secondary N) is 1. The smallest absolute Gasteiger partial charge is 0.145 e. The van der Waals surface area contributed by atoms with Gasteiger partial charge in [-0.25, -0.2) is 0 Å². The van der Waals surface area contributed by atoms with E-state index >= 15 is 0 Å². The predicted molar refractivity (Wildman–Crippen MR) is 91.7 cm³/mol. The van der Waals surface area contributed by atoms with Crippen LogP contribution in [0.1, 0.15) is 39.0 Å². The third-order valence-corrected chi connectivity index (χ3v) is 4.96. The third kappa shape index (κ3) is 4.45. The van der Waals surface area contributed by atoms with Crippen molar-refractivity contribution in [1.82, 2.24) is 0 Å². The Morgan fingerprint density at radius 3 is 2.62 bits per heavy atom. The van der Waals surface area contributed by atoms with Crippen LogP contribution in [0.15, 0.2) is 17.0 Å². The maximum atomic E-state index is 6.10. The lowest BCUT2D eigenvalue weighted by Crippen LogP contribution is -2.16. The maximum absolute atomic E-state index is 6.10. The molecular weight excluding hydrogens is 282 g/mol. The highest BCUT2D eigenvalue weighted by Gasteiger charge is 2.18. The number of methoxy groups -OCH3 is 1. The van der Waals surface area contributed by atoms with Gasteiger partial charge in [-0.2, -0.15) is 0 Å². The van der Waals surface area contributed by atoms with E-state index in [2.05, 4.69) is 12.2 Å². The highest BCUT2D eigenvalue weighted by molar-refractivity contribution is 7.97. The fourth-order valence-corrected chi connectivity index (χ4v) is 3.42. The molecule has 5 heteroatoms. The molecule has 0 aromatic heterocycles. The number of hydrogen-bond acceptors (Lipinski definition) is 5. The lowest BCUT2D eigenvalue weighted by molar-refractivity contribution is 0.282. The molecule has 2 rings (SSSR count). The Labute approximate surface area is 132 Å². The summed E-state index contributed by atoms with van der Waals surface area (Å²) in [5, 5.41) is 9.03. The van der Waals surface area contributed by atoms with Gasteiger partial charge in [-0.05, 0) is 42.3 Å². The van der Waals surface area contributed by atoms with E-state index in [-0.39, 0.29) is 0 Å². The van der Waals surface area contributed by atoms with Gasteiger partial charge in [0.15, 0.2) is 0 Å². The van der Waals surface area contributed by atoms with Crippen LogP contribution in [-0.4, -0.2) is 13.7 Å². The minimum atomic E-state index is 0.694. The summed E-state index contributed by atoms with van der Waals surface area (Å²) in [6, 6.07) is 3.81. The topological polar surface area (TPSA) is 73.3 Å². The van der Waals surface area contributed by atoms with Crippen molar-refractivity contribution >= 4 is 23.3 Å². The Hall–Kier alpha value is -1.07. The first-order chi connectivity index (χ1) is 10.1. The summed E-state index contributed by atoms with van der Waals surface area (Å²) in [6.07, 6.45) is 6.66. The van der Waals surface area contributed by atoms with Crippen LogP contribution in [0.5, 0.6) is 5.75 Å². The summed E-state index contributed by atoms with van der Waals surface area (Å²) in [5.41, 5.74) is 7.68. The largest absolute Gasteiger partial charge is 0.494 e. The van der Waals surface area contributed by atoms with E-state index in [1.165, 1.54) is 44.1 Å². The monoisotopic (exact) mass is 309 g/mol. The second-order valence-corrected chi connectivity index (χ2v) is 6.76. The quantitative estimate of drug-likeness (QED) is 0.549. The van der Waals surface area contributed by atoms with Crippen molar-refractivity contribution in [3.8, 4) is 5.75 Å². The molecule has 118 valence electrons.